The Morgan fingerprint density at radius 1 is 0.500 bits per heavy atom. The molecule has 1 saturated heterocycles. The second kappa shape index (κ2) is 20.5. The summed E-state index contributed by atoms with van der Waals surface area (Å²) in [6.07, 6.45) is 6.56. The molecule has 0 saturated carbocycles. The largest absolute Gasteiger partial charge is 0.374 e. The predicted octanol–water partition coefficient (Wildman–Crippen LogP) is 10.1. The number of hydrogen-bond donors (Lipinski definition) is 2. The van der Waals surface area contributed by atoms with E-state index in [1.807, 2.05) is 148 Å². The molecule has 60 heavy (non-hydrogen) atoms. The Hall–Kier alpha value is -4.24. The van der Waals surface area contributed by atoms with Crippen molar-refractivity contribution in [3.63, 3.8) is 0 Å². The first-order valence-electron chi connectivity index (χ1n) is 19.4. The first-order valence-corrected chi connectivity index (χ1v) is 22.6. The van der Waals surface area contributed by atoms with Crippen LogP contribution in [-0.2, 0) is 19.2 Å². The minimum Gasteiger partial charge on any atom is -0.374 e. The highest BCUT2D eigenvalue weighted by molar-refractivity contribution is 9.11. The zero-order chi connectivity index (χ0) is 43.8. The topological polar surface area (TPSA) is 105 Å². The van der Waals surface area contributed by atoms with Crippen LogP contribution in [0.3, 0.4) is 0 Å². The van der Waals surface area contributed by atoms with Gasteiger partial charge in [0.25, 0.3) is 11.8 Å². The van der Waals surface area contributed by atoms with Gasteiger partial charge in [-0.25, -0.2) is 0 Å². The maximum atomic E-state index is 14.3. The molecule has 5 rings (SSSR count). The molecule has 1 fully saturated rings. The molecule has 1 aliphatic rings. The molecule has 316 valence electrons. The standard InChI is InChI=1S/C46H50Br4N6O4/c1-45(2,3)51-43(59)41(31-7-11-33(47)12-8-31)55(37-19-15-35(49)16-20-37)39(57)23-25-53-27-29-54(30-28-53)26-24-40(58)56(38-21-17-36(50)18-22-38)42(44(60)52-46(4,5)6)32-9-13-34(48)14-10-32/h7-26,41-42H,27-30H2,1-6H3,(H,51,59)(H,52,60)/b25-23+,26-24+. The summed E-state index contributed by atoms with van der Waals surface area (Å²) in [6.45, 7) is 13.8. The van der Waals surface area contributed by atoms with E-state index < -0.39 is 23.2 Å². The fourth-order valence-electron chi connectivity index (χ4n) is 6.55. The number of nitrogens with one attached hydrogen (secondary N) is 2. The van der Waals surface area contributed by atoms with Gasteiger partial charge < -0.3 is 20.4 Å². The lowest BCUT2D eigenvalue weighted by molar-refractivity contribution is -0.126. The Labute approximate surface area is 387 Å². The molecule has 4 amide bonds. The molecule has 14 heteroatoms. The maximum absolute atomic E-state index is 14.3. The summed E-state index contributed by atoms with van der Waals surface area (Å²) < 4.78 is 3.41. The van der Waals surface area contributed by atoms with E-state index in [9.17, 15) is 19.2 Å². The summed E-state index contributed by atoms with van der Waals surface area (Å²) in [5, 5.41) is 6.15. The van der Waals surface area contributed by atoms with Crippen LogP contribution in [0.2, 0.25) is 0 Å². The van der Waals surface area contributed by atoms with Crippen molar-refractivity contribution in [1.82, 2.24) is 20.4 Å². The molecule has 2 unspecified atom stereocenters. The minimum atomic E-state index is -0.949. The summed E-state index contributed by atoms with van der Waals surface area (Å²) in [6, 6.07) is 27.5. The Morgan fingerprint density at radius 2 is 0.767 bits per heavy atom. The highest BCUT2D eigenvalue weighted by Gasteiger charge is 2.35. The van der Waals surface area contributed by atoms with Crippen LogP contribution in [-0.4, -0.2) is 70.7 Å². The van der Waals surface area contributed by atoms with Gasteiger partial charge in [-0.3, -0.25) is 29.0 Å². The van der Waals surface area contributed by atoms with Crippen LogP contribution in [0, 0.1) is 0 Å². The lowest BCUT2D eigenvalue weighted by Gasteiger charge is -2.35. The fourth-order valence-corrected chi connectivity index (χ4v) is 7.60. The van der Waals surface area contributed by atoms with E-state index in [1.165, 1.54) is 22.0 Å². The zero-order valence-electron chi connectivity index (χ0n) is 34.5. The quantitative estimate of drug-likeness (QED) is 0.137. The summed E-state index contributed by atoms with van der Waals surface area (Å²) in [5.41, 5.74) is 1.40. The minimum absolute atomic E-state index is 0.305. The Bertz CT molecular complexity index is 2020. The molecule has 0 aromatic heterocycles. The highest BCUT2D eigenvalue weighted by Crippen LogP contribution is 2.33. The molecule has 1 aliphatic heterocycles. The lowest BCUT2D eigenvalue weighted by Crippen LogP contribution is -2.49. The normalized spacial score (nSPS) is 14.5. The van der Waals surface area contributed by atoms with Crippen molar-refractivity contribution >= 4 is 98.7 Å². The maximum Gasteiger partial charge on any atom is 0.253 e. The van der Waals surface area contributed by atoms with Crippen LogP contribution in [0.1, 0.15) is 64.8 Å². The third-order valence-corrected chi connectivity index (χ3v) is 11.4. The number of rotatable bonds is 12. The van der Waals surface area contributed by atoms with E-state index in [2.05, 4.69) is 74.4 Å². The van der Waals surface area contributed by atoms with Gasteiger partial charge in [-0.15, -0.1) is 0 Å². The summed E-state index contributed by atoms with van der Waals surface area (Å²) >= 11 is 14.0. The highest BCUT2D eigenvalue weighted by atomic mass is 79.9. The molecule has 0 bridgehead atoms. The summed E-state index contributed by atoms with van der Waals surface area (Å²) in [4.78, 5) is 63.7. The lowest BCUT2D eigenvalue weighted by atomic mass is 10.0. The van der Waals surface area contributed by atoms with Crippen molar-refractivity contribution in [3.05, 3.63) is 151 Å². The average Bonchev–Trinajstić information content (AvgIpc) is 3.18. The second-order valence-corrected chi connectivity index (χ2v) is 20.1. The van der Waals surface area contributed by atoms with Crippen LogP contribution in [0.25, 0.3) is 0 Å². The third kappa shape index (κ3) is 13.4. The number of carbonyl (C=O) groups is 4. The van der Waals surface area contributed by atoms with Crippen LogP contribution < -0.4 is 20.4 Å². The van der Waals surface area contributed by atoms with Crippen LogP contribution in [0.5, 0.6) is 0 Å². The van der Waals surface area contributed by atoms with E-state index in [1.54, 1.807) is 12.4 Å². The van der Waals surface area contributed by atoms with Gasteiger partial charge in [-0.1, -0.05) is 88.0 Å². The predicted molar refractivity (Wildman–Crippen MR) is 254 cm³/mol. The molecule has 0 spiro atoms. The fraction of sp³-hybridized carbons (Fsp3) is 0.304. The van der Waals surface area contributed by atoms with Gasteiger partial charge in [0.15, 0.2) is 0 Å². The first-order chi connectivity index (χ1) is 28.3. The van der Waals surface area contributed by atoms with Crippen molar-refractivity contribution in [2.45, 2.75) is 64.7 Å². The molecule has 0 radical (unpaired) electrons. The monoisotopic (exact) mass is 1070 g/mol. The zero-order valence-corrected chi connectivity index (χ0v) is 40.8. The smallest absolute Gasteiger partial charge is 0.253 e. The molecular weight excluding hydrogens is 1020 g/mol. The third-order valence-electron chi connectivity index (χ3n) is 9.27. The SMILES string of the molecule is CC(C)(C)NC(=O)C(c1ccc(Br)cc1)N(C(=O)/C=C/N1CCN(/C=C/C(=O)N(c2ccc(Br)cc2)C(C(=O)NC(C)(C)C)c2ccc(Br)cc2)CC1)c1ccc(Br)cc1. The molecule has 4 aromatic rings. The van der Waals surface area contributed by atoms with Crippen LogP contribution >= 0.6 is 63.7 Å². The molecule has 10 nitrogen and oxygen atoms in total. The number of nitrogens with zero attached hydrogens (tertiary/aromatic N) is 4. The Kier molecular flexibility index (Phi) is 16.0. The number of carbonyl (C=O) groups excluding carboxylic acids is 4. The van der Waals surface area contributed by atoms with Crippen LogP contribution in [0.15, 0.2) is 140 Å². The first kappa shape index (κ1) is 46.8. The summed E-state index contributed by atoms with van der Waals surface area (Å²) in [7, 11) is 0. The molecule has 2 atom stereocenters. The molecule has 0 aliphatic carbocycles. The number of amides is 4. The van der Waals surface area contributed by atoms with Gasteiger partial charge >= 0.3 is 0 Å². The Morgan fingerprint density at radius 3 is 1.03 bits per heavy atom. The van der Waals surface area contributed by atoms with E-state index >= 15 is 0 Å². The van der Waals surface area contributed by atoms with Crippen LogP contribution in [0.4, 0.5) is 11.4 Å². The molecule has 1 heterocycles. The summed E-state index contributed by atoms with van der Waals surface area (Å²) in [5.74, 6) is -1.32. The van der Waals surface area contributed by atoms with Gasteiger partial charge in [-0.2, -0.15) is 0 Å². The van der Waals surface area contributed by atoms with Crippen molar-refractivity contribution in [2.75, 3.05) is 36.0 Å². The van der Waals surface area contributed by atoms with Crippen molar-refractivity contribution in [3.8, 4) is 0 Å². The average molecular weight is 1070 g/mol. The number of anilines is 2. The van der Waals surface area contributed by atoms with Gasteiger partial charge in [0.05, 0.1) is 0 Å². The van der Waals surface area contributed by atoms with Crippen molar-refractivity contribution < 1.29 is 19.2 Å². The van der Waals surface area contributed by atoms with Gasteiger partial charge in [0.2, 0.25) is 11.8 Å². The number of halogens is 4. The van der Waals surface area contributed by atoms with Gasteiger partial charge in [-0.05, 0) is 125 Å². The molecule has 2 N–H and O–H groups in total. The van der Waals surface area contributed by atoms with Crippen molar-refractivity contribution in [1.29, 1.82) is 0 Å². The van der Waals surface area contributed by atoms with Crippen molar-refractivity contribution in [2.24, 2.45) is 0 Å². The number of hydrogen-bond acceptors (Lipinski definition) is 6. The van der Waals surface area contributed by atoms with E-state index in [-0.39, 0.29) is 23.6 Å². The van der Waals surface area contributed by atoms with E-state index in [0.717, 1.165) is 17.9 Å². The van der Waals surface area contributed by atoms with Gasteiger partial charge in [0.1, 0.15) is 12.1 Å². The Balaban J connectivity index is 1.35. The van der Waals surface area contributed by atoms with E-state index in [0.29, 0.717) is 48.7 Å². The van der Waals surface area contributed by atoms with E-state index in [4.69, 9.17) is 0 Å². The number of piperazine rings is 1. The van der Waals surface area contributed by atoms with Gasteiger partial charge in [0, 0.05) is 91.1 Å². The number of benzene rings is 4. The molecule has 4 aromatic carbocycles. The second-order valence-electron chi connectivity index (χ2n) is 16.5. The molecular formula is C46H50Br4N6O4.